The molecule has 0 unspecified atom stereocenters. The quantitative estimate of drug-likeness (QED) is 0.233. The molecule has 0 atom stereocenters. The van der Waals surface area contributed by atoms with E-state index >= 15 is 0 Å². The molecule has 6 nitrogen and oxygen atoms in total. The van der Waals surface area contributed by atoms with Gasteiger partial charge in [-0.15, -0.1) is 35.3 Å². The van der Waals surface area contributed by atoms with Gasteiger partial charge in [-0.1, -0.05) is 6.92 Å². The molecule has 1 fully saturated rings. The number of guanidine groups is 1. The highest BCUT2D eigenvalue weighted by atomic mass is 127. The van der Waals surface area contributed by atoms with E-state index in [1.54, 1.807) is 7.05 Å². The van der Waals surface area contributed by atoms with Gasteiger partial charge >= 0.3 is 6.18 Å². The van der Waals surface area contributed by atoms with Crippen LogP contribution in [0.15, 0.2) is 10.4 Å². The number of nitrogens with zero attached hydrogens (tertiary/aromatic N) is 4. The van der Waals surface area contributed by atoms with Crippen molar-refractivity contribution < 1.29 is 13.2 Å². The van der Waals surface area contributed by atoms with E-state index in [0.29, 0.717) is 11.0 Å². The van der Waals surface area contributed by atoms with E-state index in [1.165, 1.54) is 0 Å². The number of hydrogen-bond donors (Lipinski definition) is 2. The maximum absolute atomic E-state index is 12.6. The Labute approximate surface area is 186 Å². The summed E-state index contributed by atoms with van der Waals surface area (Å²) in [5.41, 5.74) is -0.841. The summed E-state index contributed by atoms with van der Waals surface area (Å²) < 4.78 is 37.7. The molecule has 1 aliphatic heterocycles. The largest absolute Gasteiger partial charge is 0.434 e. The molecule has 0 saturated carbocycles. The highest BCUT2D eigenvalue weighted by Crippen LogP contribution is 2.29. The Morgan fingerprint density at radius 2 is 1.86 bits per heavy atom. The summed E-state index contributed by atoms with van der Waals surface area (Å²) >= 11 is 0.993. The van der Waals surface area contributed by atoms with E-state index in [2.05, 4.69) is 37.3 Å². The van der Waals surface area contributed by atoms with Crippen molar-refractivity contribution in [2.75, 3.05) is 52.9 Å². The fraction of sp³-hybridized carbons (Fsp3) is 0.765. The normalized spacial score (nSPS) is 16.7. The van der Waals surface area contributed by atoms with Gasteiger partial charge in [0.2, 0.25) is 0 Å². The van der Waals surface area contributed by atoms with Crippen molar-refractivity contribution in [2.45, 2.75) is 32.5 Å². The van der Waals surface area contributed by atoms with E-state index < -0.39 is 11.9 Å². The van der Waals surface area contributed by atoms with Crippen LogP contribution >= 0.6 is 35.3 Å². The molecule has 1 saturated heterocycles. The lowest BCUT2D eigenvalue weighted by molar-refractivity contribution is -0.140. The molecule has 1 aliphatic rings. The second-order valence-corrected chi connectivity index (χ2v) is 7.40. The number of hydrogen-bond acceptors (Lipinski definition) is 5. The molecule has 0 spiro atoms. The monoisotopic (exact) mass is 534 g/mol. The predicted molar refractivity (Wildman–Crippen MR) is 119 cm³/mol. The molecule has 28 heavy (non-hydrogen) atoms. The molecule has 11 heteroatoms. The molecule has 162 valence electrons. The number of nitrogens with one attached hydrogen (secondary N) is 2. The third-order valence-electron chi connectivity index (χ3n) is 4.58. The van der Waals surface area contributed by atoms with Crippen molar-refractivity contribution in [3.8, 4) is 0 Å². The summed E-state index contributed by atoms with van der Waals surface area (Å²) in [6.45, 7) is 10.0. The summed E-state index contributed by atoms with van der Waals surface area (Å²) in [6.07, 6.45) is -2.26. The van der Waals surface area contributed by atoms with E-state index in [-0.39, 0.29) is 30.5 Å². The van der Waals surface area contributed by atoms with Crippen molar-refractivity contribution in [2.24, 2.45) is 4.99 Å². The lowest BCUT2D eigenvalue weighted by atomic mass is 10.2. The lowest BCUT2D eigenvalue weighted by Crippen LogP contribution is -2.46. The van der Waals surface area contributed by atoms with Crippen LogP contribution in [0.4, 0.5) is 13.2 Å². The lowest BCUT2D eigenvalue weighted by Gasteiger charge is -2.34. The zero-order valence-corrected chi connectivity index (χ0v) is 19.5. The molecular formula is C17H30F3IN6S. The smallest absolute Gasteiger partial charge is 0.356 e. The summed E-state index contributed by atoms with van der Waals surface area (Å²) in [5, 5.41) is 7.62. The minimum atomic E-state index is -4.39. The predicted octanol–water partition coefficient (Wildman–Crippen LogP) is 2.86. The highest BCUT2D eigenvalue weighted by Gasteiger charge is 2.33. The summed E-state index contributed by atoms with van der Waals surface area (Å²) in [6, 6.07) is 0. The third kappa shape index (κ3) is 8.78. The van der Waals surface area contributed by atoms with Gasteiger partial charge in [-0.3, -0.25) is 4.99 Å². The van der Waals surface area contributed by atoms with Crippen LogP contribution < -0.4 is 10.6 Å². The van der Waals surface area contributed by atoms with E-state index in [4.69, 9.17) is 0 Å². The Kier molecular flexibility index (Phi) is 11.6. The number of aliphatic imine (C=N–C) groups is 1. The zero-order valence-electron chi connectivity index (χ0n) is 16.4. The zero-order chi connectivity index (χ0) is 19.7. The number of thiazole rings is 1. The number of likely N-dealkylation sites (N-methyl/N-ethyl adjacent to an activating group) is 1. The van der Waals surface area contributed by atoms with Crippen LogP contribution in [0.25, 0.3) is 0 Å². The Morgan fingerprint density at radius 1 is 1.18 bits per heavy atom. The van der Waals surface area contributed by atoms with Gasteiger partial charge in [-0.05, 0) is 25.9 Å². The van der Waals surface area contributed by atoms with Crippen LogP contribution in [0.5, 0.6) is 0 Å². The van der Waals surface area contributed by atoms with Crippen LogP contribution in [0.3, 0.4) is 0 Å². The Morgan fingerprint density at radius 3 is 2.43 bits per heavy atom. The summed E-state index contributed by atoms with van der Waals surface area (Å²) in [7, 11) is 1.64. The number of unbranched alkanes of at least 4 members (excludes halogenated alkanes) is 1. The first-order valence-corrected chi connectivity index (χ1v) is 10.2. The second-order valence-electron chi connectivity index (χ2n) is 6.46. The van der Waals surface area contributed by atoms with Gasteiger partial charge < -0.3 is 20.4 Å². The molecule has 0 amide bonds. The fourth-order valence-electron chi connectivity index (χ4n) is 2.90. The number of rotatable bonds is 8. The first-order chi connectivity index (χ1) is 12.9. The van der Waals surface area contributed by atoms with Crippen molar-refractivity contribution in [1.29, 1.82) is 0 Å². The Bertz CT molecular complexity index is 588. The van der Waals surface area contributed by atoms with Gasteiger partial charge in [0.25, 0.3) is 0 Å². The molecule has 1 aromatic heterocycles. The van der Waals surface area contributed by atoms with Crippen LogP contribution in [0.1, 0.15) is 30.5 Å². The van der Waals surface area contributed by atoms with E-state index in [1.807, 2.05) is 0 Å². The topological polar surface area (TPSA) is 55.8 Å². The minimum absolute atomic E-state index is 0. The van der Waals surface area contributed by atoms with Gasteiger partial charge in [0, 0.05) is 45.2 Å². The average molecular weight is 534 g/mol. The first kappa shape index (κ1) is 25.4. The number of halogens is 4. The van der Waals surface area contributed by atoms with Crippen LogP contribution in [-0.4, -0.2) is 73.6 Å². The minimum Gasteiger partial charge on any atom is -0.356 e. The van der Waals surface area contributed by atoms with Crippen LogP contribution in [0.2, 0.25) is 0 Å². The molecule has 0 radical (unpaired) electrons. The molecular weight excluding hydrogens is 504 g/mol. The van der Waals surface area contributed by atoms with Gasteiger partial charge in [-0.25, -0.2) is 4.98 Å². The molecule has 0 aromatic carbocycles. The fourth-order valence-corrected chi connectivity index (χ4v) is 3.64. The summed E-state index contributed by atoms with van der Waals surface area (Å²) in [5.74, 6) is 0.579. The maximum Gasteiger partial charge on any atom is 0.434 e. The molecule has 2 heterocycles. The molecule has 1 aromatic rings. The van der Waals surface area contributed by atoms with Crippen molar-refractivity contribution in [3.63, 3.8) is 0 Å². The first-order valence-electron chi connectivity index (χ1n) is 9.33. The van der Waals surface area contributed by atoms with Crippen LogP contribution in [0, 0.1) is 0 Å². The number of aromatic nitrogens is 1. The Hall–Kier alpha value is -0.660. The van der Waals surface area contributed by atoms with Gasteiger partial charge in [0.05, 0.1) is 6.54 Å². The molecule has 2 N–H and O–H groups in total. The van der Waals surface area contributed by atoms with Gasteiger partial charge in [0.15, 0.2) is 11.7 Å². The van der Waals surface area contributed by atoms with Gasteiger partial charge in [0.1, 0.15) is 5.01 Å². The van der Waals surface area contributed by atoms with Crippen molar-refractivity contribution in [3.05, 3.63) is 16.1 Å². The Balaban J connectivity index is 0.00000392. The summed E-state index contributed by atoms with van der Waals surface area (Å²) in [4.78, 5) is 12.7. The van der Waals surface area contributed by atoms with E-state index in [0.717, 1.165) is 75.4 Å². The highest BCUT2D eigenvalue weighted by molar-refractivity contribution is 14.0. The molecule has 0 aliphatic carbocycles. The maximum atomic E-state index is 12.6. The average Bonchev–Trinajstić information content (AvgIpc) is 3.14. The van der Waals surface area contributed by atoms with Crippen molar-refractivity contribution in [1.82, 2.24) is 25.4 Å². The van der Waals surface area contributed by atoms with E-state index in [9.17, 15) is 13.2 Å². The standard InChI is InChI=1S/C17H29F3N6S.HI/c1-3-25-8-10-26(11-9-25)7-5-4-6-22-16(21-2)23-12-15-24-14(13-27-15)17(18,19)20;/h13H,3-12H2,1-2H3,(H2,21,22,23);1H. The number of alkyl halides is 3. The SMILES string of the molecule is CCN1CCN(CCCCNC(=NC)NCc2nc(C(F)(F)F)cs2)CC1.I. The molecule has 0 bridgehead atoms. The van der Waals surface area contributed by atoms with Crippen molar-refractivity contribution >= 4 is 41.3 Å². The third-order valence-corrected chi connectivity index (χ3v) is 5.43. The number of piperazine rings is 1. The van der Waals surface area contributed by atoms with Gasteiger partial charge in [-0.2, -0.15) is 13.2 Å². The molecule has 2 rings (SSSR count). The second kappa shape index (κ2) is 12.8. The van der Waals surface area contributed by atoms with Crippen LogP contribution in [-0.2, 0) is 12.7 Å².